The molecule has 0 N–H and O–H groups in total. The van der Waals surface area contributed by atoms with Gasteiger partial charge in [0.15, 0.2) is 21.3 Å². The first kappa shape index (κ1) is 36.3. The quantitative estimate of drug-likeness (QED) is 0.130. The molecule has 0 unspecified atom stereocenters. The molecule has 9 nitrogen and oxygen atoms in total. The predicted octanol–water partition coefficient (Wildman–Crippen LogP) is 6.71. The van der Waals surface area contributed by atoms with Gasteiger partial charge in [0.25, 0.3) is 5.91 Å². The number of carbonyl (C=O) groups excluding carboxylic acids is 3. The number of hydrogen-bond donors (Lipinski definition) is 0. The summed E-state index contributed by atoms with van der Waals surface area (Å²) >= 11 is 12.4. The molecule has 17 heteroatoms. The van der Waals surface area contributed by atoms with Crippen LogP contribution in [-0.2, 0) is 32.1 Å². The van der Waals surface area contributed by atoms with E-state index in [4.69, 9.17) is 27.9 Å². The minimum Gasteiger partial charge on any atom is -0.466 e. The van der Waals surface area contributed by atoms with Crippen LogP contribution in [0.2, 0.25) is 10.0 Å². The molecule has 0 bridgehead atoms. The molecule has 47 heavy (non-hydrogen) atoms. The van der Waals surface area contributed by atoms with Gasteiger partial charge in [0, 0.05) is 18.9 Å². The van der Waals surface area contributed by atoms with Gasteiger partial charge in [-0.05, 0) is 62.4 Å². The molecule has 1 aliphatic rings. The summed E-state index contributed by atoms with van der Waals surface area (Å²) in [5.41, 5.74) is -2.95. The van der Waals surface area contributed by atoms with Crippen LogP contribution in [0.15, 0.2) is 41.4 Å². The zero-order chi connectivity index (χ0) is 34.8. The largest absolute Gasteiger partial charge is 0.466 e. The fourth-order valence-corrected chi connectivity index (χ4v) is 6.96. The van der Waals surface area contributed by atoms with Crippen molar-refractivity contribution >= 4 is 50.7 Å². The summed E-state index contributed by atoms with van der Waals surface area (Å²) in [4.78, 5) is 39.7. The van der Waals surface area contributed by atoms with Crippen molar-refractivity contribution in [3.8, 4) is 0 Å². The predicted molar refractivity (Wildman–Crippen MR) is 160 cm³/mol. The van der Waals surface area contributed by atoms with Crippen molar-refractivity contribution in [2.24, 2.45) is 5.92 Å². The van der Waals surface area contributed by atoms with Crippen LogP contribution in [0, 0.1) is 17.6 Å². The number of benzene rings is 2. The molecule has 0 aliphatic heterocycles. The standard InChI is InChI=1S/C30H28Cl2F5N3O6S/c1-3-46-29(43)17-4-6-20(7-5-17)40-27(30(35,36)37)22(13-38-40)28(42)39(14-16-8-18(33)10-19(34)9-16)15-25(41)26-23(31)11-21(12-24(26)32)47(2,44)45/h8-13,17,20H,3-7,14-15H2,1-2H3. The van der Waals surface area contributed by atoms with Crippen LogP contribution >= 0.6 is 23.2 Å². The van der Waals surface area contributed by atoms with Crippen molar-refractivity contribution in [2.45, 2.75) is 56.3 Å². The molecule has 1 fully saturated rings. The van der Waals surface area contributed by atoms with Gasteiger partial charge in [-0.1, -0.05) is 23.2 Å². The van der Waals surface area contributed by atoms with Gasteiger partial charge < -0.3 is 9.64 Å². The van der Waals surface area contributed by atoms with Gasteiger partial charge in [0.05, 0.1) is 57.4 Å². The number of alkyl halides is 3. The minimum absolute atomic E-state index is 0.132. The fraction of sp³-hybridized carbons (Fsp3) is 0.400. The van der Waals surface area contributed by atoms with Crippen molar-refractivity contribution in [3.63, 3.8) is 0 Å². The Morgan fingerprint density at radius 1 is 1.00 bits per heavy atom. The summed E-state index contributed by atoms with van der Waals surface area (Å²) < 4.78 is 101. The number of amides is 1. The SMILES string of the molecule is CCOC(=O)C1CCC(n2ncc(C(=O)N(CC(=O)c3c(Cl)cc(S(C)(=O)=O)cc3Cl)Cc3cc(F)cc(F)c3)c2C(F)(F)F)CC1. The Labute approximate surface area is 276 Å². The number of ketones is 1. The second-order valence-corrected chi connectivity index (χ2v) is 13.8. The van der Waals surface area contributed by atoms with Crippen LogP contribution in [0.3, 0.4) is 0 Å². The molecule has 0 spiro atoms. The van der Waals surface area contributed by atoms with E-state index in [2.05, 4.69) is 5.10 Å². The molecule has 1 heterocycles. The molecule has 1 amide bonds. The average Bonchev–Trinajstić information content (AvgIpc) is 3.41. The summed E-state index contributed by atoms with van der Waals surface area (Å²) in [6, 6.07) is 3.30. The lowest BCUT2D eigenvalue weighted by Gasteiger charge is -2.29. The van der Waals surface area contributed by atoms with Gasteiger partial charge in [-0.25, -0.2) is 17.2 Å². The Morgan fingerprint density at radius 3 is 2.09 bits per heavy atom. The van der Waals surface area contributed by atoms with Crippen LogP contribution < -0.4 is 0 Å². The van der Waals surface area contributed by atoms with Crippen LogP contribution in [0.4, 0.5) is 22.0 Å². The number of nitrogens with zero attached hydrogens (tertiary/aromatic N) is 3. The molecule has 0 atom stereocenters. The smallest absolute Gasteiger partial charge is 0.433 e. The van der Waals surface area contributed by atoms with Crippen LogP contribution in [-0.4, -0.2) is 60.2 Å². The van der Waals surface area contributed by atoms with E-state index in [-0.39, 0.29) is 42.7 Å². The molecule has 0 radical (unpaired) electrons. The highest BCUT2D eigenvalue weighted by molar-refractivity contribution is 7.90. The Balaban J connectivity index is 1.72. The van der Waals surface area contributed by atoms with Crippen LogP contribution in [0.5, 0.6) is 0 Å². The summed E-state index contributed by atoms with van der Waals surface area (Å²) in [7, 11) is -3.80. The Bertz CT molecular complexity index is 1760. The molecule has 1 saturated carbocycles. The van der Waals surface area contributed by atoms with Crippen LogP contribution in [0.1, 0.15) is 70.6 Å². The Hall–Kier alpha value is -3.56. The molecular formula is C30H28Cl2F5N3O6S. The molecule has 0 saturated heterocycles. The number of halogens is 7. The summed E-state index contributed by atoms with van der Waals surface area (Å²) in [6.45, 7) is 0.110. The van der Waals surface area contributed by atoms with E-state index >= 15 is 0 Å². The molecule has 1 aromatic heterocycles. The third-order valence-electron chi connectivity index (χ3n) is 7.60. The lowest BCUT2D eigenvalue weighted by atomic mass is 9.86. The molecule has 2 aromatic carbocycles. The number of hydrogen-bond acceptors (Lipinski definition) is 7. The number of ether oxygens (including phenoxy) is 1. The Kier molecular flexibility index (Phi) is 11.0. The molecule has 254 valence electrons. The van der Waals surface area contributed by atoms with Gasteiger partial charge in [-0.3, -0.25) is 19.1 Å². The number of Topliss-reactive ketones (excluding diaryl/α,β-unsaturated/α-hetero) is 1. The lowest BCUT2D eigenvalue weighted by Crippen LogP contribution is -2.37. The first-order valence-electron chi connectivity index (χ1n) is 14.2. The summed E-state index contributed by atoms with van der Waals surface area (Å²) in [5.74, 6) is -5.36. The maximum Gasteiger partial charge on any atom is 0.433 e. The summed E-state index contributed by atoms with van der Waals surface area (Å²) in [6.07, 6.45) is -2.80. The van der Waals surface area contributed by atoms with Crippen molar-refractivity contribution in [3.05, 3.63) is 80.6 Å². The normalized spacial score (nSPS) is 17.0. The first-order valence-corrected chi connectivity index (χ1v) is 16.8. The second kappa shape index (κ2) is 14.3. The zero-order valence-corrected chi connectivity index (χ0v) is 27.2. The minimum atomic E-state index is -5.10. The number of carbonyl (C=O) groups is 3. The molecule has 1 aliphatic carbocycles. The number of esters is 1. The van der Waals surface area contributed by atoms with Gasteiger partial charge >= 0.3 is 12.1 Å². The van der Waals surface area contributed by atoms with Crippen molar-refractivity contribution in [2.75, 3.05) is 19.4 Å². The fourth-order valence-electron chi connectivity index (χ4n) is 5.47. The van der Waals surface area contributed by atoms with E-state index in [9.17, 15) is 44.8 Å². The molecule has 3 aromatic rings. The van der Waals surface area contributed by atoms with Gasteiger partial charge in [0.1, 0.15) is 11.6 Å². The van der Waals surface area contributed by atoms with Crippen LogP contribution in [0.25, 0.3) is 0 Å². The number of sulfone groups is 1. The average molecular weight is 725 g/mol. The highest BCUT2D eigenvalue weighted by Gasteiger charge is 2.43. The van der Waals surface area contributed by atoms with E-state index in [1.54, 1.807) is 6.92 Å². The van der Waals surface area contributed by atoms with Gasteiger partial charge in [-0.15, -0.1) is 0 Å². The van der Waals surface area contributed by atoms with Gasteiger partial charge in [-0.2, -0.15) is 18.3 Å². The highest BCUT2D eigenvalue weighted by Crippen LogP contribution is 2.39. The number of rotatable bonds is 10. The number of aromatic nitrogens is 2. The van der Waals surface area contributed by atoms with Gasteiger partial charge in [0.2, 0.25) is 0 Å². The van der Waals surface area contributed by atoms with Crippen molar-refractivity contribution < 1.29 is 49.5 Å². The monoisotopic (exact) mass is 723 g/mol. The second-order valence-electron chi connectivity index (χ2n) is 11.0. The van der Waals surface area contributed by atoms with E-state index in [1.807, 2.05) is 0 Å². The molecular weight excluding hydrogens is 696 g/mol. The maximum absolute atomic E-state index is 14.6. The highest BCUT2D eigenvalue weighted by atomic mass is 35.5. The van der Waals surface area contributed by atoms with Crippen molar-refractivity contribution in [1.82, 2.24) is 14.7 Å². The van der Waals surface area contributed by atoms with E-state index in [1.165, 1.54) is 0 Å². The third kappa shape index (κ3) is 8.49. The Morgan fingerprint density at radius 2 is 1.57 bits per heavy atom. The van der Waals surface area contributed by atoms with E-state index in [0.717, 1.165) is 30.5 Å². The molecule has 4 rings (SSSR count). The lowest BCUT2D eigenvalue weighted by molar-refractivity contribution is -0.151. The van der Waals surface area contributed by atoms with Crippen molar-refractivity contribution in [1.29, 1.82) is 0 Å². The third-order valence-corrected chi connectivity index (χ3v) is 9.29. The maximum atomic E-state index is 14.6. The topological polar surface area (TPSA) is 116 Å². The summed E-state index contributed by atoms with van der Waals surface area (Å²) in [5, 5.41) is 3.06. The zero-order valence-electron chi connectivity index (χ0n) is 24.9. The first-order chi connectivity index (χ1) is 21.9. The van der Waals surface area contributed by atoms with E-state index < -0.39 is 97.2 Å². The van der Waals surface area contributed by atoms with E-state index in [0.29, 0.717) is 21.8 Å².